The summed E-state index contributed by atoms with van der Waals surface area (Å²) in [6.45, 7) is 1.85. The molecule has 0 radical (unpaired) electrons. The second-order valence-electron chi connectivity index (χ2n) is 5.35. The van der Waals surface area contributed by atoms with E-state index in [0.29, 0.717) is 11.5 Å². The van der Waals surface area contributed by atoms with Crippen molar-refractivity contribution in [2.75, 3.05) is 10.0 Å². The summed E-state index contributed by atoms with van der Waals surface area (Å²) in [6, 6.07) is 19.8. The molecule has 2 aromatic carbocycles. The lowest BCUT2D eigenvalue weighted by molar-refractivity contribution is 0.601. The van der Waals surface area contributed by atoms with Crippen molar-refractivity contribution in [3.8, 4) is 0 Å². The average Bonchev–Trinajstić information content (AvgIpc) is 2.57. The van der Waals surface area contributed by atoms with Gasteiger partial charge in [0, 0.05) is 5.69 Å². The van der Waals surface area contributed by atoms with Crippen LogP contribution in [-0.4, -0.2) is 13.4 Å². The Kier molecular flexibility index (Phi) is 4.48. The normalized spacial score (nSPS) is 11.0. The fraction of sp³-hybridized carbons (Fsp3) is 0.0556. The second kappa shape index (κ2) is 6.72. The summed E-state index contributed by atoms with van der Waals surface area (Å²) in [5, 5.41) is 3.14. The molecule has 0 aliphatic rings. The molecule has 0 fully saturated rings. The summed E-state index contributed by atoms with van der Waals surface area (Å²) < 4.78 is 27.3. The van der Waals surface area contributed by atoms with Gasteiger partial charge in [-0.15, -0.1) is 0 Å². The summed E-state index contributed by atoms with van der Waals surface area (Å²) in [5.74, 6) is 0.639. The molecule has 3 rings (SSSR count). The molecule has 0 aliphatic carbocycles. The maximum atomic E-state index is 12.4. The maximum Gasteiger partial charge on any atom is 0.261 e. The number of aryl methyl sites for hydroxylation is 1. The zero-order valence-electron chi connectivity index (χ0n) is 13.1. The molecule has 6 heteroatoms. The first kappa shape index (κ1) is 16.0. The number of sulfonamides is 1. The SMILES string of the molecule is Cc1cccc(S(=O)(=O)Nc2ccc(Nc3ccccc3)nc2)c1. The van der Waals surface area contributed by atoms with Crippen molar-refractivity contribution in [3.63, 3.8) is 0 Å². The lowest BCUT2D eigenvalue weighted by Crippen LogP contribution is -2.13. The molecule has 1 heterocycles. The molecule has 2 N–H and O–H groups in total. The predicted molar refractivity (Wildman–Crippen MR) is 95.9 cm³/mol. The lowest BCUT2D eigenvalue weighted by atomic mass is 10.2. The number of nitrogens with zero attached hydrogens (tertiary/aromatic N) is 1. The van der Waals surface area contributed by atoms with Gasteiger partial charge in [-0.1, -0.05) is 30.3 Å². The molecule has 0 amide bonds. The Hall–Kier alpha value is -2.86. The number of benzene rings is 2. The van der Waals surface area contributed by atoms with E-state index >= 15 is 0 Å². The molecule has 122 valence electrons. The minimum Gasteiger partial charge on any atom is -0.340 e. The van der Waals surface area contributed by atoms with Crippen molar-refractivity contribution in [3.05, 3.63) is 78.5 Å². The number of hydrogen-bond donors (Lipinski definition) is 2. The highest BCUT2D eigenvalue weighted by Gasteiger charge is 2.14. The van der Waals surface area contributed by atoms with Crippen LogP contribution in [0.4, 0.5) is 17.2 Å². The van der Waals surface area contributed by atoms with E-state index in [1.54, 1.807) is 30.3 Å². The fourth-order valence-corrected chi connectivity index (χ4v) is 3.34. The molecular formula is C18H17N3O2S. The predicted octanol–water partition coefficient (Wildman–Crippen LogP) is 3.93. The quantitative estimate of drug-likeness (QED) is 0.739. The third kappa shape index (κ3) is 3.91. The molecular weight excluding hydrogens is 322 g/mol. The van der Waals surface area contributed by atoms with E-state index in [0.717, 1.165) is 11.3 Å². The van der Waals surface area contributed by atoms with Crippen LogP contribution in [0.15, 0.2) is 77.8 Å². The molecule has 0 saturated carbocycles. The van der Waals surface area contributed by atoms with Crippen LogP contribution in [0.3, 0.4) is 0 Å². The van der Waals surface area contributed by atoms with Gasteiger partial charge in [-0.2, -0.15) is 0 Å². The molecule has 1 aromatic heterocycles. The van der Waals surface area contributed by atoms with E-state index in [-0.39, 0.29) is 4.90 Å². The second-order valence-corrected chi connectivity index (χ2v) is 7.03. The van der Waals surface area contributed by atoms with Crippen molar-refractivity contribution >= 4 is 27.2 Å². The Balaban J connectivity index is 1.74. The molecule has 24 heavy (non-hydrogen) atoms. The number of hydrogen-bond acceptors (Lipinski definition) is 4. The molecule has 0 aliphatic heterocycles. The molecule has 0 atom stereocenters. The van der Waals surface area contributed by atoms with Crippen LogP contribution in [0.25, 0.3) is 0 Å². The third-order valence-electron chi connectivity index (χ3n) is 3.36. The van der Waals surface area contributed by atoms with E-state index in [1.165, 1.54) is 6.20 Å². The summed E-state index contributed by atoms with van der Waals surface area (Å²) >= 11 is 0. The van der Waals surface area contributed by atoms with Crippen LogP contribution < -0.4 is 10.0 Å². The standard InChI is InChI=1S/C18H17N3O2S/c1-14-6-5-9-17(12-14)24(22,23)21-16-10-11-18(19-13-16)20-15-7-3-2-4-8-15/h2-13,21H,1H3,(H,19,20). The van der Waals surface area contributed by atoms with Crippen LogP contribution in [-0.2, 0) is 10.0 Å². The van der Waals surface area contributed by atoms with Gasteiger partial charge in [-0.25, -0.2) is 13.4 Å². The van der Waals surface area contributed by atoms with Gasteiger partial charge >= 0.3 is 0 Å². The monoisotopic (exact) mass is 339 g/mol. The van der Waals surface area contributed by atoms with Crippen LogP contribution >= 0.6 is 0 Å². The largest absolute Gasteiger partial charge is 0.340 e. The van der Waals surface area contributed by atoms with Crippen LogP contribution in [0.1, 0.15) is 5.56 Å². The van der Waals surface area contributed by atoms with Gasteiger partial charge in [0.1, 0.15) is 5.82 Å². The van der Waals surface area contributed by atoms with Gasteiger partial charge in [-0.3, -0.25) is 4.72 Å². The Morgan fingerprint density at radius 2 is 1.67 bits per heavy atom. The lowest BCUT2D eigenvalue weighted by Gasteiger charge is -2.10. The molecule has 0 saturated heterocycles. The van der Waals surface area contributed by atoms with Crippen LogP contribution in [0, 0.1) is 6.92 Å². The minimum absolute atomic E-state index is 0.231. The van der Waals surface area contributed by atoms with Gasteiger partial charge in [0.25, 0.3) is 10.0 Å². The molecule has 5 nitrogen and oxygen atoms in total. The maximum absolute atomic E-state index is 12.4. The molecule has 3 aromatic rings. The molecule has 0 unspecified atom stereocenters. The van der Waals surface area contributed by atoms with Gasteiger partial charge in [-0.05, 0) is 48.9 Å². The Morgan fingerprint density at radius 1 is 0.875 bits per heavy atom. The zero-order valence-corrected chi connectivity index (χ0v) is 13.9. The Morgan fingerprint density at radius 3 is 2.33 bits per heavy atom. The first-order valence-corrected chi connectivity index (χ1v) is 8.89. The number of nitrogens with one attached hydrogen (secondary N) is 2. The van der Waals surface area contributed by atoms with Crippen molar-refractivity contribution < 1.29 is 8.42 Å². The molecule has 0 bridgehead atoms. The number of anilines is 3. The number of aromatic nitrogens is 1. The van der Waals surface area contributed by atoms with Crippen LogP contribution in [0.5, 0.6) is 0 Å². The number of para-hydroxylation sites is 1. The molecule has 0 spiro atoms. The van der Waals surface area contributed by atoms with Crippen molar-refractivity contribution in [1.82, 2.24) is 4.98 Å². The highest BCUT2D eigenvalue weighted by Crippen LogP contribution is 2.19. The van der Waals surface area contributed by atoms with Gasteiger partial charge < -0.3 is 5.32 Å². The zero-order chi connectivity index (χ0) is 17.0. The fourth-order valence-electron chi connectivity index (χ4n) is 2.19. The Labute approximate surface area is 141 Å². The first-order chi connectivity index (χ1) is 11.5. The summed E-state index contributed by atoms with van der Waals surface area (Å²) in [4.78, 5) is 4.46. The van der Waals surface area contributed by atoms with E-state index in [4.69, 9.17) is 0 Å². The average molecular weight is 339 g/mol. The smallest absolute Gasteiger partial charge is 0.261 e. The first-order valence-electron chi connectivity index (χ1n) is 7.40. The summed E-state index contributed by atoms with van der Waals surface area (Å²) in [7, 11) is -3.62. The minimum atomic E-state index is -3.62. The topological polar surface area (TPSA) is 71.1 Å². The number of rotatable bonds is 5. The van der Waals surface area contributed by atoms with Gasteiger partial charge in [0.15, 0.2) is 0 Å². The van der Waals surface area contributed by atoms with Crippen molar-refractivity contribution in [1.29, 1.82) is 0 Å². The van der Waals surface area contributed by atoms with Crippen LogP contribution in [0.2, 0.25) is 0 Å². The highest BCUT2D eigenvalue weighted by molar-refractivity contribution is 7.92. The van der Waals surface area contributed by atoms with E-state index < -0.39 is 10.0 Å². The number of pyridine rings is 1. The highest BCUT2D eigenvalue weighted by atomic mass is 32.2. The van der Waals surface area contributed by atoms with E-state index in [9.17, 15) is 8.42 Å². The van der Waals surface area contributed by atoms with Gasteiger partial charge in [0.2, 0.25) is 0 Å². The van der Waals surface area contributed by atoms with E-state index in [2.05, 4.69) is 15.0 Å². The Bertz CT molecular complexity index is 924. The van der Waals surface area contributed by atoms with Gasteiger partial charge in [0.05, 0.1) is 16.8 Å². The van der Waals surface area contributed by atoms with E-state index in [1.807, 2.05) is 43.3 Å². The third-order valence-corrected chi connectivity index (χ3v) is 4.74. The van der Waals surface area contributed by atoms with Crippen molar-refractivity contribution in [2.45, 2.75) is 11.8 Å². The summed E-state index contributed by atoms with van der Waals surface area (Å²) in [5.41, 5.74) is 2.21. The summed E-state index contributed by atoms with van der Waals surface area (Å²) in [6.07, 6.45) is 1.48. The van der Waals surface area contributed by atoms with Crippen molar-refractivity contribution in [2.24, 2.45) is 0 Å².